The Morgan fingerprint density at radius 1 is 1.16 bits per heavy atom. The molecule has 131 valence electrons. The highest BCUT2D eigenvalue weighted by molar-refractivity contribution is 5.71. The molecule has 0 bridgehead atoms. The average molecular weight is 337 g/mol. The van der Waals surface area contributed by atoms with Crippen molar-refractivity contribution in [3.8, 4) is 11.1 Å². The molecule has 4 nitrogen and oxygen atoms in total. The first-order valence-electron chi connectivity index (χ1n) is 8.66. The Bertz CT molecular complexity index is 779. The largest absolute Gasteiger partial charge is 0.298 e. The Hall–Kier alpha value is -2.20. The van der Waals surface area contributed by atoms with Gasteiger partial charge in [-0.3, -0.25) is 15.0 Å². The van der Waals surface area contributed by atoms with Gasteiger partial charge in [0.05, 0.1) is 4.92 Å². The third-order valence-electron chi connectivity index (χ3n) is 4.77. The Labute approximate surface area is 149 Å². The lowest BCUT2D eigenvalue weighted by molar-refractivity contribution is -0.384. The van der Waals surface area contributed by atoms with Crippen LogP contribution in [0.15, 0.2) is 42.5 Å². The van der Waals surface area contributed by atoms with Gasteiger partial charge in [0.25, 0.3) is 5.69 Å². The number of nitrogens with zero attached hydrogens (tertiary/aromatic N) is 2. The van der Waals surface area contributed by atoms with E-state index in [1.165, 1.54) is 22.6 Å². The fraction of sp³-hybridized carbons (Fsp3) is 0.381. The van der Waals surface area contributed by atoms with Gasteiger partial charge in [-0.15, -0.1) is 0 Å². The molecule has 0 unspecified atom stereocenters. The van der Waals surface area contributed by atoms with Crippen LogP contribution in [0, 0.1) is 16.0 Å². The molecule has 25 heavy (non-hydrogen) atoms. The lowest BCUT2D eigenvalue weighted by Crippen LogP contribution is -2.43. The second kappa shape index (κ2) is 6.60. The molecule has 2 aromatic rings. The van der Waals surface area contributed by atoms with Crippen LogP contribution in [0.2, 0.25) is 0 Å². The maximum absolute atomic E-state index is 10.9. The molecule has 0 fully saturated rings. The number of fused-ring (bicyclic) bond motifs is 1. The van der Waals surface area contributed by atoms with Crippen LogP contribution in [0.1, 0.15) is 38.8 Å². The van der Waals surface area contributed by atoms with E-state index in [0.29, 0.717) is 0 Å². The SMILES string of the molecule is C[C](C)CN1Cc2cccc(-c3ccc([N+](=O)[O-])cc3)c2C(C)(C)C1. The minimum absolute atomic E-state index is 0.0292. The van der Waals surface area contributed by atoms with Gasteiger partial charge in [-0.05, 0) is 40.3 Å². The van der Waals surface area contributed by atoms with E-state index in [2.05, 4.69) is 50.8 Å². The van der Waals surface area contributed by atoms with E-state index in [1.807, 2.05) is 12.1 Å². The molecule has 0 aliphatic carbocycles. The summed E-state index contributed by atoms with van der Waals surface area (Å²) in [5, 5.41) is 10.9. The molecule has 1 aliphatic rings. The van der Waals surface area contributed by atoms with Crippen LogP contribution in [0.4, 0.5) is 5.69 Å². The summed E-state index contributed by atoms with van der Waals surface area (Å²) in [4.78, 5) is 13.1. The van der Waals surface area contributed by atoms with Crippen molar-refractivity contribution in [2.24, 2.45) is 0 Å². The Morgan fingerprint density at radius 3 is 2.44 bits per heavy atom. The number of nitro groups is 1. The van der Waals surface area contributed by atoms with Crippen LogP contribution >= 0.6 is 0 Å². The average Bonchev–Trinajstić information content (AvgIpc) is 2.53. The molecule has 0 spiro atoms. The van der Waals surface area contributed by atoms with Crippen LogP contribution in [-0.2, 0) is 12.0 Å². The molecule has 0 N–H and O–H groups in total. The van der Waals surface area contributed by atoms with Gasteiger partial charge in [0.2, 0.25) is 0 Å². The van der Waals surface area contributed by atoms with Crippen LogP contribution in [0.25, 0.3) is 11.1 Å². The molecule has 2 aromatic carbocycles. The van der Waals surface area contributed by atoms with E-state index < -0.39 is 0 Å². The van der Waals surface area contributed by atoms with Crippen LogP contribution in [0.5, 0.6) is 0 Å². The third kappa shape index (κ3) is 3.59. The molecule has 0 atom stereocenters. The molecular formula is C21H25N2O2. The topological polar surface area (TPSA) is 46.4 Å². The predicted octanol–water partition coefficient (Wildman–Crippen LogP) is 4.97. The van der Waals surface area contributed by atoms with Gasteiger partial charge in [0.15, 0.2) is 0 Å². The van der Waals surface area contributed by atoms with Crippen molar-refractivity contribution in [3.05, 3.63) is 69.6 Å². The molecule has 4 heteroatoms. The summed E-state index contributed by atoms with van der Waals surface area (Å²) in [7, 11) is 0. The summed E-state index contributed by atoms with van der Waals surface area (Å²) in [6.45, 7) is 11.9. The highest BCUT2D eigenvalue weighted by atomic mass is 16.6. The van der Waals surface area contributed by atoms with Gasteiger partial charge in [-0.2, -0.15) is 0 Å². The summed E-state index contributed by atoms with van der Waals surface area (Å²) in [6, 6.07) is 13.3. The molecule has 1 heterocycles. The smallest absolute Gasteiger partial charge is 0.269 e. The Morgan fingerprint density at radius 2 is 1.84 bits per heavy atom. The number of non-ortho nitro benzene ring substituents is 1. The monoisotopic (exact) mass is 337 g/mol. The van der Waals surface area contributed by atoms with Crippen molar-refractivity contribution >= 4 is 5.69 Å². The van der Waals surface area contributed by atoms with Gasteiger partial charge < -0.3 is 0 Å². The maximum Gasteiger partial charge on any atom is 0.269 e. The second-order valence-electron chi connectivity index (χ2n) is 7.88. The van der Waals surface area contributed by atoms with Crippen molar-refractivity contribution < 1.29 is 4.92 Å². The van der Waals surface area contributed by atoms with Gasteiger partial charge >= 0.3 is 0 Å². The van der Waals surface area contributed by atoms with Crippen LogP contribution in [0.3, 0.4) is 0 Å². The maximum atomic E-state index is 10.9. The van der Waals surface area contributed by atoms with E-state index >= 15 is 0 Å². The second-order valence-corrected chi connectivity index (χ2v) is 7.88. The summed E-state index contributed by atoms with van der Waals surface area (Å²) in [5.41, 5.74) is 5.12. The zero-order valence-corrected chi connectivity index (χ0v) is 15.4. The summed E-state index contributed by atoms with van der Waals surface area (Å²) in [6.07, 6.45) is 0. The van der Waals surface area contributed by atoms with E-state index in [-0.39, 0.29) is 16.0 Å². The quantitative estimate of drug-likeness (QED) is 0.584. The van der Waals surface area contributed by atoms with E-state index in [4.69, 9.17) is 0 Å². The molecule has 0 saturated heterocycles. The summed E-state index contributed by atoms with van der Waals surface area (Å²) < 4.78 is 0. The van der Waals surface area contributed by atoms with Crippen LogP contribution < -0.4 is 0 Å². The third-order valence-corrected chi connectivity index (χ3v) is 4.77. The first kappa shape index (κ1) is 17.6. The number of hydrogen-bond acceptors (Lipinski definition) is 3. The van der Waals surface area contributed by atoms with Crippen LogP contribution in [-0.4, -0.2) is 22.9 Å². The fourth-order valence-corrected chi connectivity index (χ4v) is 4.03. The first-order valence-corrected chi connectivity index (χ1v) is 8.66. The van der Waals surface area contributed by atoms with E-state index in [9.17, 15) is 10.1 Å². The molecule has 0 aromatic heterocycles. The summed E-state index contributed by atoms with van der Waals surface area (Å²) >= 11 is 0. The number of hydrogen-bond donors (Lipinski definition) is 0. The van der Waals surface area contributed by atoms with Gasteiger partial charge in [0, 0.05) is 37.2 Å². The Kier molecular flexibility index (Phi) is 4.65. The number of benzene rings is 2. The van der Waals surface area contributed by atoms with Crippen molar-refractivity contribution in [1.82, 2.24) is 4.90 Å². The zero-order chi connectivity index (χ0) is 18.2. The minimum Gasteiger partial charge on any atom is -0.298 e. The molecule has 0 amide bonds. The van der Waals surface area contributed by atoms with Gasteiger partial charge in [0.1, 0.15) is 0 Å². The standard InChI is InChI=1S/C21H25N2O2/c1-15(2)12-22-13-17-6-5-7-19(20(17)21(3,4)14-22)16-8-10-18(11-9-16)23(24)25/h5-11H,12-14H2,1-4H3. The lowest BCUT2D eigenvalue weighted by atomic mass is 9.74. The number of nitro benzene ring substituents is 1. The number of rotatable bonds is 4. The molecule has 1 radical (unpaired) electrons. The zero-order valence-electron chi connectivity index (χ0n) is 15.4. The van der Waals surface area contributed by atoms with Gasteiger partial charge in [-0.1, -0.05) is 45.9 Å². The van der Waals surface area contributed by atoms with Crippen molar-refractivity contribution in [2.45, 2.75) is 39.7 Å². The fourth-order valence-electron chi connectivity index (χ4n) is 4.03. The van der Waals surface area contributed by atoms with Crippen molar-refractivity contribution in [2.75, 3.05) is 13.1 Å². The van der Waals surface area contributed by atoms with Crippen molar-refractivity contribution in [1.29, 1.82) is 0 Å². The molecular weight excluding hydrogens is 312 g/mol. The van der Waals surface area contributed by atoms with Crippen molar-refractivity contribution in [3.63, 3.8) is 0 Å². The van der Waals surface area contributed by atoms with E-state index in [0.717, 1.165) is 25.2 Å². The van der Waals surface area contributed by atoms with Gasteiger partial charge in [-0.25, -0.2) is 0 Å². The predicted molar refractivity (Wildman–Crippen MR) is 101 cm³/mol. The lowest BCUT2D eigenvalue weighted by Gasteiger charge is -2.42. The summed E-state index contributed by atoms with van der Waals surface area (Å²) in [5.74, 6) is 1.42. The Balaban J connectivity index is 2.03. The van der Waals surface area contributed by atoms with E-state index in [1.54, 1.807) is 12.1 Å². The minimum atomic E-state index is -0.352. The first-order chi connectivity index (χ1) is 11.8. The highest BCUT2D eigenvalue weighted by Gasteiger charge is 2.34. The molecule has 3 rings (SSSR count). The highest BCUT2D eigenvalue weighted by Crippen LogP contribution is 2.40. The normalized spacial score (nSPS) is 16.7. The molecule has 0 saturated carbocycles. The molecule has 1 aliphatic heterocycles.